The van der Waals surface area contributed by atoms with E-state index in [1.807, 2.05) is 52.2 Å². The number of rotatable bonds is 8. The predicted octanol–water partition coefficient (Wildman–Crippen LogP) is 3.80. The lowest BCUT2D eigenvalue weighted by atomic mass is 10.1. The van der Waals surface area contributed by atoms with Gasteiger partial charge in [0.2, 0.25) is 5.91 Å². The van der Waals surface area contributed by atoms with Gasteiger partial charge in [-0.15, -0.1) is 0 Å². The third-order valence-corrected chi connectivity index (χ3v) is 7.85. The predicted molar refractivity (Wildman–Crippen MR) is 143 cm³/mol. The Morgan fingerprint density at radius 3 is 2.78 bits per heavy atom. The van der Waals surface area contributed by atoms with Crippen molar-refractivity contribution in [3.63, 3.8) is 0 Å². The highest BCUT2D eigenvalue weighted by Gasteiger charge is 2.20. The molecule has 0 radical (unpaired) electrons. The van der Waals surface area contributed by atoms with Gasteiger partial charge in [0.15, 0.2) is 0 Å². The first-order valence-electron chi connectivity index (χ1n) is 12.2. The average molecular weight is 502 g/mol. The van der Waals surface area contributed by atoms with Gasteiger partial charge < -0.3 is 15.0 Å². The molecule has 9 nitrogen and oxygen atoms in total. The largest absolute Gasteiger partial charge is 0.360 e. The second kappa shape index (κ2) is 10.2. The summed E-state index contributed by atoms with van der Waals surface area (Å²) in [5.74, 6) is 0.767. The van der Waals surface area contributed by atoms with Crippen LogP contribution in [0, 0.1) is 0 Å². The summed E-state index contributed by atoms with van der Waals surface area (Å²) in [4.78, 5) is 27.7. The first-order chi connectivity index (χ1) is 17.4. The number of amides is 1. The smallest absolute Gasteiger partial charge is 0.239 e. The molecule has 1 aliphatic heterocycles. The molecule has 1 fully saturated rings. The van der Waals surface area contributed by atoms with Gasteiger partial charge in [0, 0.05) is 51.1 Å². The van der Waals surface area contributed by atoms with Gasteiger partial charge in [-0.25, -0.2) is 9.67 Å². The summed E-state index contributed by atoms with van der Waals surface area (Å²) in [6.07, 6.45) is 5.40. The normalized spacial score (nSPS) is 14.3. The third kappa shape index (κ3) is 5.44. The summed E-state index contributed by atoms with van der Waals surface area (Å²) in [5, 5.41) is 8.72. The van der Waals surface area contributed by atoms with Crippen molar-refractivity contribution in [1.29, 1.82) is 0 Å². The number of hydrogen-bond acceptors (Lipinski definition) is 7. The maximum absolute atomic E-state index is 11.9. The topological polar surface area (TPSA) is 98.1 Å². The molecule has 36 heavy (non-hydrogen) atoms. The first-order valence-corrected chi connectivity index (χ1v) is 15.9. The molecular formula is C26H31N7O2Si. The molecule has 4 aromatic heterocycles. The van der Waals surface area contributed by atoms with Crippen LogP contribution in [0.5, 0.6) is 0 Å². The Balaban J connectivity index is 1.52. The summed E-state index contributed by atoms with van der Waals surface area (Å²) in [6, 6.07) is 12.9. The van der Waals surface area contributed by atoms with E-state index in [0.29, 0.717) is 26.4 Å². The molecule has 186 valence electrons. The molecule has 0 saturated carbocycles. The van der Waals surface area contributed by atoms with E-state index in [1.54, 1.807) is 12.4 Å². The highest BCUT2D eigenvalue weighted by Crippen LogP contribution is 2.31. The number of nitrogens with one attached hydrogen (secondary N) is 1. The van der Waals surface area contributed by atoms with Crippen LogP contribution < -0.4 is 10.2 Å². The van der Waals surface area contributed by atoms with E-state index in [2.05, 4.69) is 34.9 Å². The molecule has 1 N–H and O–H groups in total. The van der Waals surface area contributed by atoms with Crippen LogP contribution in [0.15, 0.2) is 55.0 Å². The molecular weight excluding hydrogens is 470 g/mol. The van der Waals surface area contributed by atoms with Crippen LogP contribution in [0.4, 0.5) is 5.82 Å². The van der Waals surface area contributed by atoms with Gasteiger partial charge in [-0.05, 0) is 36.4 Å². The first kappa shape index (κ1) is 24.1. The molecule has 0 aliphatic carbocycles. The van der Waals surface area contributed by atoms with Gasteiger partial charge in [0.1, 0.15) is 18.2 Å². The van der Waals surface area contributed by atoms with Crippen LogP contribution in [0.3, 0.4) is 0 Å². The summed E-state index contributed by atoms with van der Waals surface area (Å²) in [5.41, 5.74) is 4.14. The van der Waals surface area contributed by atoms with E-state index in [9.17, 15) is 4.79 Å². The van der Waals surface area contributed by atoms with Crippen molar-refractivity contribution in [2.45, 2.75) is 32.4 Å². The number of aromatic nitrogens is 5. The van der Waals surface area contributed by atoms with Crippen LogP contribution in [-0.2, 0) is 16.3 Å². The van der Waals surface area contributed by atoms with Crippen molar-refractivity contribution in [1.82, 2.24) is 30.0 Å². The van der Waals surface area contributed by atoms with Crippen molar-refractivity contribution in [2.75, 3.05) is 31.1 Å². The Kier molecular flexibility index (Phi) is 6.79. The zero-order valence-corrected chi connectivity index (χ0v) is 21.9. The molecule has 0 bridgehead atoms. The molecule has 0 unspecified atom stereocenters. The number of pyridine rings is 3. The molecule has 0 atom stereocenters. The Hall–Kier alpha value is -3.63. The quantitative estimate of drug-likeness (QED) is 0.290. The van der Waals surface area contributed by atoms with E-state index < -0.39 is 8.07 Å². The van der Waals surface area contributed by atoms with Crippen molar-refractivity contribution in [3.8, 4) is 22.6 Å². The molecule has 1 aliphatic rings. The maximum Gasteiger partial charge on any atom is 0.239 e. The van der Waals surface area contributed by atoms with E-state index in [4.69, 9.17) is 14.8 Å². The number of nitrogens with zero attached hydrogens (tertiary/aromatic N) is 6. The lowest BCUT2D eigenvalue weighted by molar-refractivity contribution is -0.120. The fourth-order valence-electron chi connectivity index (χ4n) is 4.13. The molecule has 1 amide bonds. The second-order valence-electron chi connectivity index (χ2n) is 10.2. The van der Waals surface area contributed by atoms with E-state index in [1.165, 1.54) is 0 Å². The number of carbonyl (C=O) groups is 1. The minimum Gasteiger partial charge on any atom is -0.360 e. The van der Waals surface area contributed by atoms with Gasteiger partial charge in [-0.1, -0.05) is 25.7 Å². The van der Waals surface area contributed by atoms with E-state index in [-0.39, 0.29) is 5.91 Å². The average Bonchev–Trinajstić information content (AvgIpc) is 3.24. The van der Waals surface area contributed by atoms with Crippen LogP contribution in [-0.4, -0.2) is 65.0 Å². The fourth-order valence-corrected chi connectivity index (χ4v) is 4.88. The minimum absolute atomic E-state index is 0.00540. The van der Waals surface area contributed by atoms with Crippen molar-refractivity contribution in [2.24, 2.45) is 0 Å². The SMILES string of the molecule is C[Si](C)(C)CCOCn1nc(-c2cccc(N3CCNC(=O)C3)n2)c2cc(-c3cccnc3)ncc21. The number of carbonyl (C=O) groups excluding carboxylic acids is 1. The number of anilines is 1. The highest BCUT2D eigenvalue weighted by molar-refractivity contribution is 6.76. The van der Waals surface area contributed by atoms with Gasteiger partial charge in [-0.2, -0.15) is 5.10 Å². The van der Waals surface area contributed by atoms with Gasteiger partial charge in [0.05, 0.1) is 29.6 Å². The Morgan fingerprint density at radius 1 is 1.11 bits per heavy atom. The molecule has 5 heterocycles. The van der Waals surface area contributed by atoms with E-state index >= 15 is 0 Å². The molecule has 10 heteroatoms. The Labute approximate surface area is 211 Å². The molecule has 4 aromatic rings. The third-order valence-electron chi connectivity index (χ3n) is 6.14. The molecule has 5 rings (SSSR count). The van der Waals surface area contributed by atoms with Crippen LogP contribution in [0.25, 0.3) is 33.5 Å². The molecule has 0 aromatic carbocycles. The van der Waals surface area contributed by atoms with Crippen molar-refractivity contribution in [3.05, 3.63) is 55.0 Å². The van der Waals surface area contributed by atoms with Crippen molar-refractivity contribution >= 4 is 30.7 Å². The van der Waals surface area contributed by atoms with Gasteiger partial charge >= 0.3 is 0 Å². The lowest BCUT2D eigenvalue weighted by Gasteiger charge is -2.27. The Bertz CT molecular complexity index is 1370. The summed E-state index contributed by atoms with van der Waals surface area (Å²) < 4.78 is 7.88. The number of fused-ring (bicyclic) bond motifs is 1. The second-order valence-corrected chi connectivity index (χ2v) is 15.8. The van der Waals surface area contributed by atoms with Crippen LogP contribution in [0.2, 0.25) is 25.7 Å². The maximum atomic E-state index is 11.9. The standard InChI is InChI=1S/C26H31N7O2Si/c1-36(2,3)13-12-35-18-33-23-16-29-22(19-6-5-9-27-15-19)14-20(23)26(31-33)21-7-4-8-24(30-21)32-11-10-28-25(34)17-32/h4-9,14-16H,10-13,17-18H2,1-3H3,(H,28,34). The Morgan fingerprint density at radius 2 is 2.00 bits per heavy atom. The molecule has 0 spiro atoms. The van der Waals surface area contributed by atoms with Gasteiger partial charge in [-0.3, -0.25) is 14.8 Å². The summed E-state index contributed by atoms with van der Waals surface area (Å²) in [6.45, 7) is 9.70. The summed E-state index contributed by atoms with van der Waals surface area (Å²) in [7, 11) is -1.19. The monoisotopic (exact) mass is 501 g/mol. The lowest BCUT2D eigenvalue weighted by Crippen LogP contribution is -2.48. The fraction of sp³-hybridized carbons (Fsp3) is 0.346. The van der Waals surface area contributed by atoms with Crippen LogP contribution >= 0.6 is 0 Å². The summed E-state index contributed by atoms with van der Waals surface area (Å²) >= 11 is 0. The van der Waals surface area contributed by atoms with Crippen LogP contribution in [0.1, 0.15) is 0 Å². The zero-order valence-electron chi connectivity index (χ0n) is 20.9. The number of piperazine rings is 1. The number of ether oxygens (including phenoxy) is 1. The minimum atomic E-state index is -1.19. The highest BCUT2D eigenvalue weighted by atomic mass is 28.3. The zero-order chi connectivity index (χ0) is 25.1. The number of hydrogen-bond donors (Lipinski definition) is 1. The van der Waals surface area contributed by atoms with E-state index in [0.717, 1.165) is 52.0 Å². The van der Waals surface area contributed by atoms with Gasteiger partial charge in [0.25, 0.3) is 0 Å². The van der Waals surface area contributed by atoms with Crippen molar-refractivity contribution < 1.29 is 9.53 Å². The molecule has 1 saturated heterocycles.